The van der Waals surface area contributed by atoms with Crippen molar-refractivity contribution >= 4 is 12.2 Å². The first-order chi connectivity index (χ1) is 10.9. The van der Waals surface area contributed by atoms with Crippen LogP contribution in [0.3, 0.4) is 0 Å². The van der Waals surface area contributed by atoms with Crippen LogP contribution >= 0.6 is 0 Å². The summed E-state index contributed by atoms with van der Waals surface area (Å²) < 4.78 is 0. The average molecular weight is 316 g/mol. The molecule has 0 radical (unpaired) electrons. The standard InChI is InChI=1S/C19H28N2O2/c1-4-15(12-14-8-6-5-7-9-14)16-13-17(16)20-11-10-19(2,3)21-18(22)23/h5-9,12,16-17,20-21H,4,10-11,13H2,1-3H3,(H,22,23)/b15-12+/t16-,17+/m0/s1. The number of nitrogens with one attached hydrogen (secondary N) is 2. The molecule has 2 atom stereocenters. The molecule has 1 aromatic carbocycles. The Kier molecular flexibility index (Phi) is 5.83. The number of amides is 1. The van der Waals surface area contributed by atoms with Crippen LogP contribution in [0, 0.1) is 5.92 Å². The summed E-state index contributed by atoms with van der Waals surface area (Å²) in [6.45, 7) is 6.88. The highest BCUT2D eigenvalue weighted by atomic mass is 16.4. The molecule has 0 aromatic heterocycles. The maximum Gasteiger partial charge on any atom is 0.405 e. The molecule has 126 valence electrons. The van der Waals surface area contributed by atoms with Gasteiger partial charge in [-0.1, -0.05) is 48.9 Å². The fourth-order valence-electron chi connectivity index (χ4n) is 2.99. The van der Waals surface area contributed by atoms with Gasteiger partial charge in [-0.25, -0.2) is 4.79 Å². The lowest BCUT2D eigenvalue weighted by molar-refractivity contribution is 0.180. The third-order valence-electron chi connectivity index (χ3n) is 4.43. The van der Waals surface area contributed by atoms with Crippen molar-refractivity contribution in [2.24, 2.45) is 5.92 Å². The van der Waals surface area contributed by atoms with Crippen LogP contribution in [0.15, 0.2) is 35.9 Å². The third kappa shape index (κ3) is 5.71. The van der Waals surface area contributed by atoms with Crippen LogP contribution in [0.5, 0.6) is 0 Å². The molecule has 4 heteroatoms. The van der Waals surface area contributed by atoms with Crippen molar-refractivity contribution in [3.63, 3.8) is 0 Å². The van der Waals surface area contributed by atoms with Gasteiger partial charge in [-0.05, 0) is 51.1 Å². The number of benzene rings is 1. The Morgan fingerprint density at radius 2 is 2.04 bits per heavy atom. The monoisotopic (exact) mass is 316 g/mol. The fraction of sp³-hybridized carbons (Fsp3) is 0.526. The van der Waals surface area contributed by atoms with Gasteiger partial charge in [-0.2, -0.15) is 0 Å². The van der Waals surface area contributed by atoms with Crippen LogP contribution in [-0.4, -0.2) is 29.3 Å². The molecule has 0 aliphatic heterocycles. The second-order valence-corrected chi connectivity index (χ2v) is 6.95. The average Bonchev–Trinajstić information content (AvgIpc) is 3.23. The molecule has 1 aliphatic rings. The zero-order valence-electron chi connectivity index (χ0n) is 14.3. The van der Waals surface area contributed by atoms with E-state index in [1.54, 1.807) is 0 Å². The summed E-state index contributed by atoms with van der Waals surface area (Å²) in [5.74, 6) is 0.621. The van der Waals surface area contributed by atoms with Crippen molar-refractivity contribution in [1.29, 1.82) is 0 Å². The molecule has 1 aliphatic carbocycles. The fourth-order valence-corrected chi connectivity index (χ4v) is 2.99. The van der Waals surface area contributed by atoms with Crippen molar-refractivity contribution < 1.29 is 9.90 Å². The second kappa shape index (κ2) is 7.64. The zero-order chi connectivity index (χ0) is 16.9. The van der Waals surface area contributed by atoms with E-state index in [2.05, 4.69) is 47.9 Å². The molecule has 0 bridgehead atoms. The van der Waals surface area contributed by atoms with Crippen LogP contribution in [0.4, 0.5) is 4.79 Å². The minimum absolute atomic E-state index is 0.392. The van der Waals surface area contributed by atoms with Crippen molar-refractivity contribution in [2.45, 2.75) is 51.6 Å². The van der Waals surface area contributed by atoms with E-state index in [1.807, 2.05) is 19.9 Å². The Bertz CT molecular complexity index is 552. The van der Waals surface area contributed by atoms with Gasteiger partial charge in [-0.3, -0.25) is 0 Å². The van der Waals surface area contributed by atoms with Gasteiger partial charge in [0.05, 0.1) is 0 Å². The largest absolute Gasteiger partial charge is 0.465 e. The first-order valence-corrected chi connectivity index (χ1v) is 8.41. The Morgan fingerprint density at radius 1 is 1.35 bits per heavy atom. The third-order valence-corrected chi connectivity index (χ3v) is 4.43. The van der Waals surface area contributed by atoms with E-state index < -0.39 is 11.6 Å². The van der Waals surface area contributed by atoms with Crippen molar-refractivity contribution in [3.8, 4) is 0 Å². The molecule has 3 N–H and O–H groups in total. The van der Waals surface area contributed by atoms with Gasteiger partial charge in [0, 0.05) is 11.6 Å². The molecule has 1 aromatic rings. The highest BCUT2D eigenvalue weighted by Crippen LogP contribution is 2.39. The first kappa shape index (κ1) is 17.5. The summed E-state index contributed by atoms with van der Waals surface area (Å²) in [7, 11) is 0. The lowest BCUT2D eigenvalue weighted by atomic mass is 10.0. The summed E-state index contributed by atoms with van der Waals surface area (Å²) >= 11 is 0. The van der Waals surface area contributed by atoms with Crippen LogP contribution < -0.4 is 10.6 Å². The van der Waals surface area contributed by atoms with Crippen LogP contribution in [0.2, 0.25) is 0 Å². The van der Waals surface area contributed by atoms with E-state index in [0.717, 1.165) is 19.4 Å². The molecule has 4 nitrogen and oxygen atoms in total. The Morgan fingerprint density at radius 3 is 2.65 bits per heavy atom. The predicted molar refractivity (Wildman–Crippen MR) is 94.5 cm³/mol. The summed E-state index contributed by atoms with van der Waals surface area (Å²) in [5, 5.41) is 14.9. The zero-order valence-corrected chi connectivity index (χ0v) is 14.3. The van der Waals surface area contributed by atoms with Crippen LogP contribution in [-0.2, 0) is 0 Å². The topological polar surface area (TPSA) is 61.4 Å². The van der Waals surface area contributed by atoms with E-state index in [9.17, 15) is 4.79 Å². The van der Waals surface area contributed by atoms with E-state index >= 15 is 0 Å². The highest BCUT2D eigenvalue weighted by Gasteiger charge is 2.38. The predicted octanol–water partition coefficient (Wildman–Crippen LogP) is 3.89. The Labute approximate surface area is 139 Å². The molecule has 1 amide bonds. The summed E-state index contributed by atoms with van der Waals surface area (Å²) in [5.41, 5.74) is 2.37. The van der Waals surface area contributed by atoms with Crippen LogP contribution in [0.1, 0.15) is 45.6 Å². The van der Waals surface area contributed by atoms with E-state index in [4.69, 9.17) is 5.11 Å². The molecule has 1 fully saturated rings. The SMILES string of the molecule is CC/C(=C\c1ccccc1)[C@@H]1C[C@H]1NCCC(C)(C)NC(=O)O. The van der Waals surface area contributed by atoms with Gasteiger partial charge < -0.3 is 15.7 Å². The lowest BCUT2D eigenvalue weighted by Crippen LogP contribution is -2.44. The van der Waals surface area contributed by atoms with Gasteiger partial charge in [0.1, 0.15) is 0 Å². The smallest absolute Gasteiger partial charge is 0.405 e. The van der Waals surface area contributed by atoms with E-state index in [0.29, 0.717) is 12.0 Å². The van der Waals surface area contributed by atoms with Gasteiger partial charge in [0.2, 0.25) is 0 Å². The molecular formula is C19H28N2O2. The van der Waals surface area contributed by atoms with Crippen molar-refractivity contribution in [2.75, 3.05) is 6.54 Å². The van der Waals surface area contributed by atoms with E-state index in [-0.39, 0.29) is 0 Å². The molecule has 1 saturated carbocycles. The molecule has 0 heterocycles. The van der Waals surface area contributed by atoms with Crippen molar-refractivity contribution in [1.82, 2.24) is 10.6 Å². The number of carboxylic acid groups (broad SMARTS) is 1. The molecule has 0 unspecified atom stereocenters. The second-order valence-electron chi connectivity index (χ2n) is 6.95. The normalized spacial score (nSPS) is 21.1. The van der Waals surface area contributed by atoms with Crippen LogP contribution in [0.25, 0.3) is 6.08 Å². The Balaban J connectivity index is 1.80. The summed E-state index contributed by atoms with van der Waals surface area (Å²) in [6, 6.07) is 11.0. The number of hydrogen-bond donors (Lipinski definition) is 3. The Hall–Kier alpha value is -1.81. The minimum atomic E-state index is -0.960. The summed E-state index contributed by atoms with van der Waals surface area (Å²) in [4.78, 5) is 10.7. The summed E-state index contributed by atoms with van der Waals surface area (Å²) in [6.07, 6.45) is 4.39. The van der Waals surface area contributed by atoms with Crippen molar-refractivity contribution in [3.05, 3.63) is 41.5 Å². The molecule has 23 heavy (non-hydrogen) atoms. The number of hydrogen-bond acceptors (Lipinski definition) is 2. The first-order valence-electron chi connectivity index (χ1n) is 8.41. The maximum atomic E-state index is 10.7. The lowest BCUT2D eigenvalue weighted by Gasteiger charge is -2.24. The minimum Gasteiger partial charge on any atom is -0.465 e. The highest BCUT2D eigenvalue weighted by molar-refractivity contribution is 5.65. The number of rotatable bonds is 8. The number of carbonyl (C=O) groups is 1. The molecular weight excluding hydrogens is 288 g/mol. The van der Waals surface area contributed by atoms with E-state index in [1.165, 1.54) is 17.6 Å². The van der Waals surface area contributed by atoms with Gasteiger partial charge >= 0.3 is 6.09 Å². The maximum absolute atomic E-state index is 10.7. The molecule has 0 spiro atoms. The van der Waals surface area contributed by atoms with Gasteiger partial charge in [-0.15, -0.1) is 0 Å². The molecule has 0 saturated heterocycles. The van der Waals surface area contributed by atoms with Gasteiger partial charge in [0.15, 0.2) is 0 Å². The quantitative estimate of drug-likeness (QED) is 0.682. The van der Waals surface area contributed by atoms with Gasteiger partial charge in [0.25, 0.3) is 0 Å². The molecule has 2 rings (SSSR count).